The molecule has 0 fully saturated rings. The van der Waals surface area contributed by atoms with Crippen LogP contribution in [0.2, 0.25) is 0 Å². The first-order chi connectivity index (χ1) is 10.1. The summed E-state index contributed by atoms with van der Waals surface area (Å²) in [6.45, 7) is 6.55. The van der Waals surface area contributed by atoms with Gasteiger partial charge in [0.2, 0.25) is 0 Å². The molecule has 0 spiro atoms. The van der Waals surface area contributed by atoms with E-state index in [9.17, 15) is 0 Å². The molecule has 0 amide bonds. The maximum Gasteiger partial charge on any atom is 0.144 e. The Morgan fingerprint density at radius 2 is 1.71 bits per heavy atom. The molecule has 4 nitrogen and oxygen atoms in total. The lowest BCUT2D eigenvalue weighted by Crippen LogP contribution is -2.05. The number of nitrogens with two attached hydrogens (primary N) is 1. The smallest absolute Gasteiger partial charge is 0.144 e. The molecule has 0 saturated carbocycles. The van der Waals surface area contributed by atoms with Gasteiger partial charge < -0.3 is 20.5 Å². The lowest BCUT2D eigenvalue weighted by atomic mass is 10.2. The summed E-state index contributed by atoms with van der Waals surface area (Å²) in [4.78, 5) is 0. The molecule has 0 aliphatic heterocycles. The Labute approximate surface area is 125 Å². The second kappa shape index (κ2) is 6.88. The van der Waals surface area contributed by atoms with E-state index in [0.29, 0.717) is 18.0 Å². The summed E-state index contributed by atoms with van der Waals surface area (Å²) in [7, 11) is 0. The first-order valence-electron chi connectivity index (χ1n) is 7.14. The van der Waals surface area contributed by atoms with Crippen LogP contribution in [-0.2, 0) is 0 Å². The number of nitrogen functional groups attached to an aromatic ring is 1. The van der Waals surface area contributed by atoms with Gasteiger partial charge in [0.15, 0.2) is 0 Å². The van der Waals surface area contributed by atoms with E-state index in [2.05, 4.69) is 5.32 Å². The van der Waals surface area contributed by atoms with Crippen molar-refractivity contribution in [1.29, 1.82) is 0 Å². The number of nitrogens with one attached hydrogen (secondary N) is 1. The van der Waals surface area contributed by atoms with Crippen molar-refractivity contribution in [1.82, 2.24) is 0 Å². The summed E-state index contributed by atoms with van der Waals surface area (Å²) < 4.78 is 11.1. The van der Waals surface area contributed by atoms with Gasteiger partial charge in [-0.3, -0.25) is 0 Å². The summed E-state index contributed by atoms with van der Waals surface area (Å²) in [5.41, 5.74) is 8.43. The van der Waals surface area contributed by atoms with Crippen LogP contribution in [-0.4, -0.2) is 12.7 Å². The van der Waals surface area contributed by atoms with E-state index in [1.807, 2.05) is 63.2 Å². The van der Waals surface area contributed by atoms with E-state index in [1.54, 1.807) is 0 Å². The molecule has 0 saturated heterocycles. The third-order valence-electron chi connectivity index (χ3n) is 2.83. The second-order valence-corrected chi connectivity index (χ2v) is 5.00. The second-order valence-electron chi connectivity index (χ2n) is 5.00. The lowest BCUT2D eigenvalue weighted by molar-refractivity contribution is 0.242. The molecule has 2 rings (SSSR count). The summed E-state index contributed by atoms with van der Waals surface area (Å²) >= 11 is 0. The van der Waals surface area contributed by atoms with Crippen LogP contribution in [0.3, 0.4) is 0 Å². The topological polar surface area (TPSA) is 56.5 Å². The number of rotatable bonds is 6. The Morgan fingerprint density at radius 3 is 2.33 bits per heavy atom. The van der Waals surface area contributed by atoms with Gasteiger partial charge in [-0.25, -0.2) is 0 Å². The Bertz CT molecular complexity index is 580. The van der Waals surface area contributed by atoms with Crippen molar-refractivity contribution in [2.24, 2.45) is 0 Å². The Hall–Kier alpha value is -2.36. The summed E-state index contributed by atoms with van der Waals surface area (Å²) in [6.07, 6.45) is 0.176. The van der Waals surface area contributed by atoms with Crippen LogP contribution in [0.25, 0.3) is 0 Å². The van der Waals surface area contributed by atoms with Crippen molar-refractivity contribution in [2.75, 3.05) is 17.7 Å². The number of anilines is 3. The van der Waals surface area contributed by atoms with Crippen LogP contribution in [0.1, 0.15) is 20.8 Å². The van der Waals surface area contributed by atoms with Gasteiger partial charge >= 0.3 is 0 Å². The molecule has 0 aliphatic rings. The molecule has 2 aromatic carbocycles. The molecule has 0 aromatic heterocycles. The van der Waals surface area contributed by atoms with E-state index in [-0.39, 0.29) is 6.10 Å². The van der Waals surface area contributed by atoms with Gasteiger partial charge in [-0.05, 0) is 57.2 Å². The molecule has 0 heterocycles. The SMILES string of the molecule is CCOc1cc(Nc2ccc(OC(C)C)cc2)ccc1N. The third kappa shape index (κ3) is 4.31. The zero-order valence-electron chi connectivity index (χ0n) is 12.7. The van der Waals surface area contributed by atoms with Crippen LogP contribution < -0.4 is 20.5 Å². The van der Waals surface area contributed by atoms with E-state index >= 15 is 0 Å². The summed E-state index contributed by atoms with van der Waals surface area (Å²) in [6, 6.07) is 13.5. The lowest BCUT2D eigenvalue weighted by Gasteiger charge is -2.12. The fourth-order valence-electron chi connectivity index (χ4n) is 1.95. The van der Waals surface area contributed by atoms with Crippen LogP contribution in [0.15, 0.2) is 42.5 Å². The molecule has 0 unspecified atom stereocenters. The fraction of sp³-hybridized carbons (Fsp3) is 0.294. The minimum absolute atomic E-state index is 0.176. The van der Waals surface area contributed by atoms with Gasteiger partial charge in [0.1, 0.15) is 11.5 Å². The number of ether oxygens (including phenoxy) is 2. The highest BCUT2D eigenvalue weighted by Crippen LogP contribution is 2.28. The Morgan fingerprint density at radius 1 is 1.05 bits per heavy atom. The first kappa shape index (κ1) is 15.0. The number of benzene rings is 2. The molecular weight excluding hydrogens is 264 g/mol. The Kier molecular flexibility index (Phi) is 4.93. The van der Waals surface area contributed by atoms with Gasteiger partial charge in [0, 0.05) is 17.4 Å². The maximum atomic E-state index is 5.87. The van der Waals surface area contributed by atoms with Crippen molar-refractivity contribution >= 4 is 17.1 Å². The average Bonchev–Trinajstić information content (AvgIpc) is 2.44. The highest BCUT2D eigenvalue weighted by Gasteiger charge is 2.03. The molecular formula is C17H22N2O2. The van der Waals surface area contributed by atoms with Crippen LogP contribution in [0.4, 0.5) is 17.1 Å². The molecule has 2 aromatic rings. The normalized spacial score (nSPS) is 10.5. The minimum Gasteiger partial charge on any atom is -0.492 e. The average molecular weight is 286 g/mol. The van der Waals surface area contributed by atoms with Crippen molar-refractivity contribution in [2.45, 2.75) is 26.9 Å². The molecule has 0 aliphatic carbocycles. The van der Waals surface area contributed by atoms with Gasteiger partial charge in [-0.1, -0.05) is 0 Å². The highest BCUT2D eigenvalue weighted by atomic mass is 16.5. The summed E-state index contributed by atoms with van der Waals surface area (Å²) in [5, 5.41) is 3.32. The van der Waals surface area contributed by atoms with Crippen LogP contribution in [0, 0.1) is 0 Å². The zero-order valence-corrected chi connectivity index (χ0v) is 12.7. The molecule has 21 heavy (non-hydrogen) atoms. The molecule has 3 N–H and O–H groups in total. The van der Waals surface area contributed by atoms with Gasteiger partial charge in [-0.15, -0.1) is 0 Å². The molecule has 4 heteroatoms. The number of hydrogen-bond donors (Lipinski definition) is 2. The van der Waals surface area contributed by atoms with E-state index < -0.39 is 0 Å². The van der Waals surface area contributed by atoms with Crippen molar-refractivity contribution in [3.63, 3.8) is 0 Å². The third-order valence-corrected chi connectivity index (χ3v) is 2.83. The molecule has 0 bridgehead atoms. The maximum absolute atomic E-state index is 5.87. The molecule has 112 valence electrons. The van der Waals surface area contributed by atoms with Crippen LogP contribution in [0.5, 0.6) is 11.5 Å². The predicted molar refractivity (Wildman–Crippen MR) is 87.5 cm³/mol. The van der Waals surface area contributed by atoms with Gasteiger partial charge in [0.05, 0.1) is 18.4 Å². The first-order valence-corrected chi connectivity index (χ1v) is 7.14. The minimum atomic E-state index is 0.176. The highest BCUT2D eigenvalue weighted by molar-refractivity contribution is 5.67. The molecule has 0 atom stereocenters. The fourth-order valence-corrected chi connectivity index (χ4v) is 1.95. The van der Waals surface area contributed by atoms with Crippen molar-refractivity contribution in [3.8, 4) is 11.5 Å². The Balaban J connectivity index is 2.09. The largest absolute Gasteiger partial charge is 0.492 e. The van der Waals surface area contributed by atoms with Gasteiger partial charge in [-0.2, -0.15) is 0 Å². The van der Waals surface area contributed by atoms with E-state index in [1.165, 1.54) is 0 Å². The van der Waals surface area contributed by atoms with Crippen molar-refractivity contribution in [3.05, 3.63) is 42.5 Å². The van der Waals surface area contributed by atoms with E-state index in [4.69, 9.17) is 15.2 Å². The summed E-state index contributed by atoms with van der Waals surface area (Å²) in [5.74, 6) is 1.56. The van der Waals surface area contributed by atoms with Crippen molar-refractivity contribution < 1.29 is 9.47 Å². The van der Waals surface area contributed by atoms with Crippen LogP contribution >= 0.6 is 0 Å². The quantitative estimate of drug-likeness (QED) is 0.781. The standard InChI is InChI=1S/C17H22N2O2/c1-4-20-17-11-14(7-10-16(17)18)19-13-5-8-15(9-6-13)21-12(2)3/h5-12,19H,4,18H2,1-3H3. The monoisotopic (exact) mass is 286 g/mol. The molecule has 0 radical (unpaired) electrons. The number of hydrogen-bond acceptors (Lipinski definition) is 4. The zero-order chi connectivity index (χ0) is 15.2. The predicted octanol–water partition coefficient (Wildman–Crippen LogP) is 4.20. The van der Waals surface area contributed by atoms with E-state index in [0.717, 1.165) is 17.1 Å². The van der Waals surface area contributed by atoms with Gasteiger partial charge in [0.25, 0.3) is 0 Å².